The van der Waals surface area contributed by atoms with E-state index in [1.807, 2.05) is 118 Å². The monoisotopic (exact) mass is 1010 g/mol. The minimum absolute atomic E-state index is 0.135. The zero-order valence-electron chi connectivity index (χ0n) is 40.9. The lowest BCUT2D eigenvalue weighted by molar-refractivity contribution is -0.137. The van der Waals surface area contributed by atoms with Crippen molar-refractivity contribution >= 4 is 60.7 Å². The SMILES string of the molecule is [C-]#[N+]c1cccc(-c2ccc3c4ccc(-c5cccc([N+]#[C-])c5)cc4n(-c4cc([N+]#[C-])c(-c5c(CF)cccc5C(F)(F)F)cc4-n4c5cc(-c6cccc(C#N)c6)ccc5c5ccc(-c6cccc(C#N)c6)cc54)c3c2)c1. The molecular weight excluding hydrogens is 979 g/mol. The predicted octanol–water partition coefficient (Wildman–Crippen LogP) is 19.1. The number of rotatable bonds is 8. The van der Waals surface area contributed by atoms with Crippen molar-refractivity contribution in [1.29, 1.82) is 10.5 Å². The number of nitriles is 2. The van der Waals surface area contributed by atoms with Gasteiger partial charge in [-0.25, -0.2) is 18.9 Å². The molecule has 2 heterocycles. The molecule has 12 aromatic rings. The van der Waals surface area contributed by atoms with E-state index >= 15 is 17.6 Å². The van der Waals surface area contributed by atoms with E-state index in [0.717, 1.165) is 72.1 Å². The lowest BCUT2D eigenvalue weighted by Gasteiger charge is -2.22. The van der Waals surface area contributed by atoms with Crippen molar-refractivity contribution in [2.45, 2.75) is 12.9 Å². The first-order valence-corrected chi connectivity index (χ1v) is 24.5. The van der Waals surface area contributed by atoms with E-state index in [4.69, 9.17) is 19.7 Å². The predicted molar refractivity (Wildman–Crippen MR) is 300 cm³/mol. The van der Waals surface area contributed by atoms with Gasteiger partial charge in [0.05, 0.1) is 82.0 Å². The Balaban J connectivity index is 1.29. The highest BCUT2D eigenvalue weighted by molar-refractivity contribution is 6.14. The number of hydrogen-bond acceptors (Lipinski definition) is 2. The summed E-state index contributed by atoms with van der Waals surface area (Å²) < 4.78 is 65.6. The molecule has 0 aliphatic rings. The zero-order chi connectivity index (χ0) is 53.8. The van der Waals surface area contributed by atoms with Crippen LogP contribution in [0.2, 0.25) is 0 Å². The molecular formula is C67H35F4N7. The van der Waals surface area contributed by atoms with Crippen LogP contribution in [-0.2, 0) is 12.9 Å². The van der Waals surface area contributed by atoms with Gasteiger partial charge >= 0.3 is 6.18 Å². The van der Waals surface area contributed by atoms with Crippen molar-refractivity contribution in [1.82, 2.24) is 9.13 Å². The molecule has 0 bridgehead atoms. The molecule has 0 radical (unpaired) electrons. The molecule has 2 aromatic heterocycles. The highest BCUT2D eigenvalue weighted by atomic mass is 19.4. The fourth-order valence-electron chi connectivity index (χ4n) is 10.8. The van der Waals surface area contributed by atoms with Crippen LogP contribution in [0.1, 0.15) is 22.3 Å². The largest absolute Gasteiger partial charge is 0.416 e. The number of nitrogens with zero attached hydrogens (tertiary/aromatic N) is 7. The zero-order valence-corrected chi connectivity index (χ0v) is 40.9. The second kappa shape index (κ2) is 19.0. The first kappa shape index (κ1) is 47.9. The molecule has 0 atom stereocenters. The minimum Gasteiger partial charge on any atom is -0.308 e. The Morgan fingerprint density at radius 3 is 1.19 bits per heavy atom. The van der Waals surface area contributed by atoms with Gasteiger partial charge in [0.1, 0.15) is 6.67 Å². The van der Waals surface area contributed by atoms with Gasteiger partial charge in [0.2, 0.25) is 0 Å². The average Bonchev–Trinajstić information content (AvgIpc) is 4.22. The molecule has 0 N–H and O–H groups in total. The third-order valence-corrected chi connectivity index (χ3v) is 14.4. The lowest BCUT2D eigenvalue weighted by Crippen LogP contribution is -2.10. The molecule has 12 rings (SSSR count). The van der Waals surface area contributed by atoms with E-state index in [1.54, 1.807) is 72.8 Å². The topological polar surface area (TPSA) is 70.5 Å². The Hall–Kier alpha value is -11.0. The van der Waals surface area contributed by atoms with Crippen LogP contribution in [0.5, 0.6) is 0 Å². The first-order chi connectivity index (χ1) is 38.0. The van der Waals surface area contributed by atoms with Gasteiger partial charge in [0, 0.05) is 21.5 Å². The molecule has 0 saturated carbocycles. The summed E-state index contributed by atoms with van der Waals surface area (Å²) in [5.41, 5.74) is 8.99. The molecule has 10 aromatic carbocycles. The quantitative estimate of drug-likeness (QED) is 0.112. The lowest BCUT2D eigenvalue weighted by atomic mass is 9.92. The van der Waals surface area contributed by atoms with Crippen LogP contribution in [0, 0.1) is 42.4 Å². The first-order valence-electron chi connectivity index (χ1n) is 24.5. The Kier molecular flexibility index (Phi) is 11.7. The highest BCUT2D eigenvalue weighted by Gasteiger charge is 2.36. The maximum absolute atomic E-state index is 15.4. The van der Waals surface area contributed by atoms with E-state index < -0.39 is 24.0 Å². The van der Waals surface area contributed by atoms with Crippen molar-refractivity contribution in [2.75, 3.05) is 0 Å². The fraction of sp³-hybridized carbons (Fsp3) is 0.0299. The van der Waals surface area contributed by atoms with E-state index in [0.29, 0.717) is 55.9 Å². The van der Waals surface area contributed by atoms with Gasteiger partial charge in [0.15, 0.2) is 17.1 Å². The van der Waals surface area contributed by atoms with E-state index in [-0.39, 0.29) is 16.8 Å². The average molecular weight is 1010 g/mol. The van der Waals surface area contributed by atoms with Crippen molar-refractivity contribution in [2.24, 2.45) is 0 Å². The van der Waals surface area contributed by atoms with Crippen LogP contribution in [0.15, 0.2) is 200 Å². The molecule has 0 fully saturated rings. The molecule has 11 heteroatoms. The van der Waals surface area contributed by atoms with Gasteiger partial charge in [-0.2, -0.15) is 23.7 Å². The normalized spacial score (nSPS) is 11.3. The summed E-state index contributed by atoms with van der Waals surface area (Å²) in [5.74, 6) is 0. The third kappa shape index (κ3) is 8.12. The van der Waals surface area contributed by atoms with Crippen LogP contribution < -0.4 is 0 Å². The maximum Gasteiger partial charge on any atom is 0.416 e. The number of alkyl halides is 4. The van der Waals surface area contributed by atoms with Gasteiger partial charge in [-0.1, -0.05) is 121 Å². The Morgan fingerprint density at radius 2 is 0.808 bits per heavy atom. The molecule has 0 saturated heterocycles. The van der Waals surface area contributed by atoms with Gasteiger partial charge in [0.25, 0.3) is 0 Å². The second-order valence-corrected chi connectivity index (χ2v) is 18.7. The molecule has 7 nitrogen and oxygen atoms in total. The van der Waals surface area contributed by atoms with Gasteiger partial charge in [-0.05, 0) is 140 Å². The highest BCUT2D eigenvalue weighted by Crippen LogP contribution is 2.49. The summed E-state index contributed by atoms with van der Waals surface area (Å²) >= 11 is 0. The Bertz CT molecular complexity index is 4500. The molecule has 0 unspecified atom stereocenters. The van der Waals surface area contributed by atoms with Crippen molar-refractivity contribution in [3.05, 3.63) is 257 Å². The molecule has 0 spiro atoms. The van der Waals surface area contributed by atoms with Crippen LogP contribution in [-0.4, -0.2) is 9.13 Å². The minimum atomic E-state index is -4.94. The molecule has 0 aliphatic carbocycles. The van der Waals surface area contributed by atoms with Gasteiger partial charge in [-0.3, -0.25) is 0 Å². The van der Waals surface area contributed by atoms with Crippen molar-refractivity contribution in [3.63, 3.8) is 0 Å². The fourth-order valence-corrected chi connectivity index (χ4v) is 10.8. The van der Waals surface area contributed by atoms with Gasteiger partial charge < -0.3 is 9.13 Å². The Labute approximate surface area is 444 Å². The van der Waals surface area contributed by atoms with Crippen LogP contribution >= 0.6 is 0 Å². The van der Waals surface area contributed by atoms with Crippen LogP contribution in [0.3, 0.4) is 0 Å². The maximum atomic E-state index is 15.4. The summed E-state index contributed by atoms with van der Waals surface area (Å²) in [6, 6.07) is 63.6. The smallest absolute Gasteiger partial charge is 0.308 e. The van der Waals surface area contributed by atoms with E-state index in [2.05, 4.69) is 26.7 Å². The number of halogens is 4. The molecule has 0 aliphatic heterocycles. The van der Waals surface area contributed by atoms with Crippen molar-refractivity contribution < 1.29 is 17.6 Å². The summed E-state index contributed by atoms with van der Waals surface area (Å²) in [6.45, 7) is 23.1. The summed E-state index contributed by atoms with van der Waals surface area (Å²) in [6.07, 6.45) is -4.94. The number of hydrogen-bond donors (Lipinski definition) is 0. The third-order valence-electron chi connectivity index (χ3n) is 14.4. The molecule has 78 heavy (non-hydrogen) atoms. The van der Waals surface area contributed by atoms with Gasteiger partial charge in [-0.15, -0.1) is 0 Å². The van der Waals surface area contributed by atoms with E-state index in [9.17, 15) is 10.5 Å². The molecule has 366 valence electrons. The number of fused-ring (bicyclic) bond motifs is 6. The summed E-state index contributed by atoms with van der Waals surface area (Å²) in [7, 11) is 0. The standard InChI is InChI=1S/C67H35F4N7/c1-74-51-16-6-13-44(29-51)48-21-25-55-56-26-22-49(45-14-7-17-52(30-45)75-2)34-63(56)78(62(55)33-48)65-36-59(76-3)57(66-50(37-68)15-8-18-58(66)67(69,70)71)35-64(65)77-60-31-46(42-11-4-9-40(27-42)38-72)19-23-53(60)54-24-20-47(32-61(54)77)43-12-5-10-41(28-43)39-73/h4-36H,37H2. The van der Waals surface area contributed by atoms with Crippen molar-refractivity contribution in [3.8, 4) is 79.1 Å². The summed E-state index contributed by atoms with van der Waals surface area (Å²) in [5, 5.41) is 23.1. The Morgan fingerprint density at radius 1 is 0.423 bits per heavy atom. The second-order valence-electron chi connectivity index (χ2n) is 18.7. The van der Waals surface area contributed by atoms with Crippen LogP contribution in [0.4, 0.5) is 34.6 Å². The van der Waals surface area contributed by atoms with Crippen LogP contribution in [0.25, 0.3) is 125 Å². The van der Waals surface area contributed by atoms with E-state index in [1.165, 1.54) is 12.1 Å². The number of benzene rings is 10. The number of aromatic nitrogens is 2. The summed E-state index contributed by atoms with van der Waals surface area (Å²) in [4.78, 5) is 11.3. The molecule has 0 amide bonds.